The third kappa shape index (κ3) is 2.95. The summed E-state index contributed by atoms with van der Waals surface area (Å²) >= 11 is 0. The van der Waals surface area contributed by atoms with Gasteiger partial charge < -0.3 is 9.84 Å². The van der Waals surface area contributed by atoms with Crippen molar-refractivity contribution in [1.82, 2.24) is 4.98 Å². The topological polar surface area (TPSA) is 92.4 Å². The van der Waals surface area contributed by atoms with Crippen LogP contribution < -0.4 is 14.0 Å². The lowest BCUT2D eigenvalue weighted by Crippen LogP contribution is -2.32. The Labute approximate surface area is 139 Å². The number of anilines is 1. The molecular weight excluding hydrogens is 330 g/mol. The summed E-state index contributed by atoms with van der Waals surface area (Å²) in [6, 6.07) is 10.2. The standard InChI is InChI=1S/C16H15N3O4S/c1-19-10-13(20)8-15(16(19)23-2)24(21,22)18-12-7-11-5-3-4-6-14(11)17-9-12/h3-10,18H,1-2H3/p+1. The monoisotopic (exact) mass is 346 g/mol. The highest BCUT2D eigenvalue weighted by Crippen LogP contribution is 2.26. The van der Waals surface area contributed by atoms with Crippen LogP contribution in [-0.4, -0.2) is 25.6 Å². The van der Waals surface area contributed by atoms with E-state index >= 15 is 0 Å². The van der Waals surface area contributed by atoms with E-state index in [2.05, 4.69) is 9.71 Å². The SMILES string of the molecule is COc1c(S(=O)(=O)Nc2cnc3ccccc3c2)cc(O)c[n+]1C. The van der Waals surface area contributed by atoms with Crippen LogP contribution in [0.4, 0.5) is 5.69 Å². The number of nitrogens with zero attached hydrogens (tertiary/aromatic N) is 2. The van der Waals surface area contributed by atoms with Gasteiger partial charge in [-0.25, -0.2) is 8.42 Å². The molecule has 0 aliphatic rings. The second-order valence-electron chi connectivity index (χ2n) is 5.20. The van der Waals surface area contributed by atoms with Crippen LogP contribution in [0.15, 0.2) is 53.7 Å². The van der Waals surface area contributed by atoms with Crippen molar-refractivity contribution in [3.63, 3.8) is 0 Å². The number of aromatic nitrogens is 2. The molecule has 0 saturated carbocycles. The number of aromatic hydroxyl groups is 1. The zero-order chi connectivity index (χ0) is 17.3. The van der Waals surface area contributed by atoms with Crippen LogP contribution in [0.5, 0.6) is 11.6 Å². The van der Waals surface area contributed by atoms with Crippen molar-refractivity contribution in [2.45, 2.75) is 4.90 Å². The number of methoxy groups -OCH3 is 1. The molecule has 0 unspecified atom stereocenters. The van der Waals surface area contributed by atoms with E-state index in [9.17, 15) is 13.5 Å². The van der Waals surface area contributed by atoms with Gasteiger partial charge in [-0.2, -0.15) is 4.57 Å². The van der Waals surface area contributed by atoms with Gasteiger partial charge in [0, 0.05) is 11.5 Å². The van der Waals surface area contributed by atoms with Gasteiger partial charge in [-0.05, 0) is 12.1 Å². The van der Waals surface area contributed by atoms with Gasteiger partial charge in [-0.1, -0.05) is 18.2 Å². The van der Waals surface area contributed by atoms with Gasteiger partial charge in [-0.15, -0.1) is 0 Å². The molecule has 0 radical (unpaired) electrons. The quantitative estimate of drug-likeness (QED) is 0.700. The lowest BCUT2D eigenvalue weighted by atomic mass is 10.2. The number of benzene rings is 1. The molecule has 124 valence electrons. The molecule has 3 rings (SSSR count). The van der Waals surface area contributed by atoms with Gasteiger partial charge in [0.25, 0.3) is 10.0 Å². The van der Waals surface area contributed by atoms with Crippen LogP contribution in [-0.2, 0) is 17.1 Å². The number of sulfonamides is 1. The Kier molecular flexibility index (Phi) is 3.98. The van der Waals surface area contributed by atoms with Crippen LogP contribution in [0.1, 0.15) is 0 Å². The van der Waals surface area contributed by atoms with Crippen molar-refractivity contribution in [3.05, 3.63) is 48.8 Å². The predicted molar refractivity (Wildman–Crippen MR) is 88.4 cm³/mol. The minimum atomic E-state index is -3.97. The molecule has 0 aliphatic heterocycles. The Morgan fingerprint density at radius 3 is 2.75 bits per heavy atom. The summed E-state index contributed by atoms with van der Waals surface area (Å²) in [7, 11) is -1.02. The van der Waals surface area contributed by atoms with E-state index in [0.717, 1.165) is 17.0 Å². The van der Waals surface area contributed by atoms with E-state index in [1.54, 1.807) is 13.1 Å². The Hall–Kier alpha value is -2.87. The molecule has 24 heavy (non-hydrogen) atoms. The Morgan fingerprint density at radius 2 is 2.00 bits per heavy atom. The van der Waals surface area contributed by atoms with Crippen molar-refractivity contribution < 1.29 is 22.8 Å². The molecule has 0 spiro atoms. The minimum Gasteiger partial charge on any atom is -0.503 e. The van der Waals surface area contributed by atoms with Crippen LogP contribution >= 0.6 is 0 Å². The maximum Gasteiger partial charge on any atom is 0.388 e. The summed E-state index contributed by atoms with van der Waals surface area (Å²) in [4.78, 5) is 4.06. The Bertz CT molecular complexity index is 1020. The fourth-order valence-corrected chi connectivity index (χ4v) is 3.70. The normalized spacial score (nSPS) is 11.4. The van der Waals surface area contributed by atoms with Crippen molar-refractivity contribution >= 4 is 26.6 Å². The average molecular weight is 346 g/mol. The summed E-state index contributed by atoms with van der Waals surface area (Å²) in [5.41, 5.74) is 1.09. The van der Waals surface area contributed by atoms with E-state index < -0.39 is 10.0 Å². The number of pyridine rings is 2. The molecule has 2 N–H and O–H groups in total. The second kappa shape index (κ2) is 5.97. The first kappa shape index (κ1) is 16.0. The third-order valence-corrected chi connectivity index (χ3v) is 4.84. The molecule has 0 atom stereocenters. The molecule has 0 amide bonds. The lowest BCUT2D eigenvalue weighted by molar-refractivity contribution is -0.679. The van der Waals surface area contributed by atoms with E-state index in [1.165, 1.54) is 24.1 Å². The molecule has 3 aromatic rings. The molecular formula is C16H16N3O4S+. The number of para-hydroxylation sites is 1. The molecule has 2 aromatic heterocycles. The fourth-order valence-electron chi connectivity index (χ4n) is 2.44. The summed E-state index contributed by atoms with van der Waals surface area (Å²) in [6.07, 6.45) is 2.80. The van der Waals surface area contributed by atoms with E-state index in [1.807, 2.05) is 24.3 Å². The molecule has 1 aromatic carbocycles. The van der Waals surface area contributed by atoms with Crippen molar-refractivity contribution in [1.29, 1.82) is 0 Å². The van der Waals surface area contributed by atoms with E-state index in [-0.39, 0.29) is 16.5 Å². The van der Waals surface area contributed by atoms with Crippen LogP contribution in [0.3, 0.4) is 0 Å². The first-order valence-electron chi connectivity index (χ1n) is 7.05. The molecule has 0 bridgehead atoms. The Morgan fingerprint density at radius 1 is 1.25 bits per heavy atom. The maximum absolute atomic E-state index is 12.7. The number of fused-ring (bicyclic) bond motifs is 1. The predicted octanol–water partition coefficient (Wildman–Crippen LogP) is 1.57. The molecule has 8 heteroatoms. The van der Waals surface area contributed by atoms with Crippen LogP contribution in [0.2, 0.25) is 0 Å². The Balaban J connectivity index is 2.04. The second-order valence-corrected chi connectivity index (χ2v) is 6.86. The number of ether oxygens (including phenoxy) is 1. The van der Waals surface area contributed by atoms with Gasteiger partial charge in [0.05, 0.1) is 24.5 Å². The highest BCUT2D eigenvalue weighted by Gasteiger charge is 2.28. The molecule has 2 heterocycles. The number of hydrogen-bond acceptors (Lipinski definition) is 5. The molecule has 7 nitrogen and oxygen atoms in total. The maximum atomic E-state index is 12.7. The first-order chi connectivity index (χ1) is 11.4. The fraction of sp³-hybridized carbons (Fsp3) is 0.125. The highest BCUT2D eigenvalue weighted by atomic mass is 32.2. The van der Waals surface area contributed by atoms with Gasteiger partial charge in [0.1, 0.15) is 7.05 Å². The number of rotatable bonds is 4. The van der Waals surface area contributed by atoms with Crippen LogP contribution in [0.25, 0.3) is 10.9 Å². The third-order valence-electron chi connectivity index (χ3n) is 3.46. The van der Waals surface area contributed by atoms with Crippen molar-refractivity contribution in [2.75, 3.05) is 11.8 Å². The smallest absolute Gasteiger partial charge is 0.388 e. The summed E-state index contributed by atoms with van der Waals surface area (Å²) in [5.74, 6) is -0.0793. The van der Waals surface area contributed by atoms with Crippen LogP contribution in [0, 0.1) is 0 Å². The van der Waals surface area contributed by atoms with Crippen molar-refractivity contribution in [3.8, 4) is 11.6 Å². The number of nitrogens with one attached hydrogen (secondary N) is 1. The molecule has 0 fully saturated rings. The average Bonchev–Trinajstić information content (AvgIpc) is 2.53. The lowest BCUT2D eigenvalue weighted by Gasteiger charge is -2.10. The van der Waals surface area contributed by atoms with Gasteiger partial charge >= 0.3 is 5.88 Å². The van der Waals surface area contributed by atoms with E-state index in [0.29, 0.717) is 5.69 Å². The first-order valence-corrected chi connectivity index (χ1v) is 8.53. The number of aryl methyl sites for hydroxylation is 1. The van der Waals surface area contributed by atoms with Gasteiger partial charge in [0.2, 0.25) is 11.1 Å². The highest BCUT2D eigenvalue weighted by molar-refractivity contribution is 7.92. The van der Waals surface area contributed by atoms with Crippen molar-refractivity contribution in [2.24, 2.45) is 7.05 Å². The minimum absolute atomic E-state index is 0.106. The largest absolute Gasteiger partial charge is 0.503 e. The zero-order valence-corrected chi connectivity index (χ0v) is 13.9. The van der Waals surface area contributed by atoms with Gasteiger partial charge in [0.15, 0.2) is 5.75 Å². The number of hydrogen-bond donors (Lipinski definition) is 2. The van der Waals surface area contributed by atoms with Gasteiger partial charge in [-0.3, -0.25) is 9.71 Å². The summed E-state index contributed by atoms with van der Waals surface area (Å²) in [5, 5.41) is 10.5. The summed E-state index contributed by atoms with van der Waals surface area (Å²) < 4.78 is 34.4. The summed E-state index contributed by atoms with van der Waals surface area (Å²) in [6.45, 7) is 0. The molecule has 0 aliphatic carbocycles. The molecule has 0 saturated heterocycles. The van der Waals surface area contributed by atoms with E-state index in [4.69, 9.17) is 4.74 Å². The zero-order valence-electron chi connectivity index (χ0n) is 13.1.